The van der Waals surface area contributed by atoms with Gasteiger partial charge in [-0.2, -0.15) is 0 Å². The fourth-order valence-electron chi connectivity index (χ4n) is 1.81. The minimum absolute atomic E-state index is 0. The molecule has 1 rings (SSSR count). The predicted molar refractivity (Wildman–Crippen MR) is 80.1 cm³/mol. The summed E-state index contributed by atoms with van der Waals surface area (Å²) in [6.07, 6.45) is 0.775. The molecule has 1 amide bonds. The molecule has 0 fully saturated rings. The van der Waals surface area contributed by atoms with E-state index in [9.17, 15) is 14.9 Å². The molecule has 0 aliphatic carbocycles. The first-order valence-electron chi connectivity index (χ1n) is 6.19. The minimum atomic E-state index is -0.523. The highest BCUT2D eigenvalue weighted by Gasteiger charge is 2.15. The fraction of sp³-hybridized carbons (Fsp3) is 0.462. The number of nitrogens with two attached hydrogens (primary N) is 1. The average Bonchev–Trinajstić information content (AvgIpc) is 2.37. The summed E-state index contributed by atoms with van der Waals surface area (Å²) >= 11 is 0. The number of nitro benzene ring substituents is 1. The highest BCUT2D eigenvalue weighted by molar-refractivity contribution is 5.95. The minimum Gasteiger partial charge on any atom is -0.348 e. The summed E-state index contributed by atoms with van der Waals surface area (Å²) < 4.78 is 0. The van der Waals surface area contributed by atoms with Gasteiger partial charge in [-0.05, 0) is 18.4 Å². The largest absolute Gasteiger partial charge is 0.348 e. The Morgan fingerprint density at radius 2 is 2.10 bits per heavy atom. The van der Waals surface area contributed by atoms with Crippen LogP contribution in [0.1, 0.15) is 30.6 Å². The molecule has 0 saturated carbocycles. The summed E-state index contributed by atoms with van der Waals surface area (Å²) in [5.41, 5.74) is 5.78. The highest BCUT2D eigenvalue weighted by Crippen LogP contribution is 2.13. The average molecular weight is 302 g/mol. The number of hydrogen-bond donors (Lipinski definition) is 2. The summed E-state index contributed by atoms with van der Waals surface area (Å²) in [6.45, 7) is 4.43. The Kier molecular flexibility index (Phi) is 7.79. The second-order valence-electron chi connectivity index (χ2n) is 4.84. The second kappa shape index (κ2) is 8.50. The van der Waals surface area contributed by atoms with E-state index in [1.807, 2.05) is 13.8 Å². The quantitative estimate of drug-likeness (QED) is 0.621. The van der Waals surface area contributed by atoms with E-state index in [0.717, 1.165) is 6.42 Å². The van der Waals surface area contributed by atoms with Crippen molar-refractivity contribution < 1.29 is 9.72 Å². The number of halogens is 1. The molecule has 0 aliphatic heterocycles. The molecule has 0 aliphatic rings. The van der Waals surface area contributed by atoms with Gasteiger partial charge < -0.3 is 11.1 Å². The van der Waals surface area contributed by atoms with Crippen molar-refractivity contribution in [1.29, 1.82) is 0 Å². The van der Waals surface area contributed by atoms with Crippen LogP contribution < -0.4 is 11.1 Å². The fourth-order valence-corrected chi connectivity index (χ4v) is 1.81. The van der Waals surface area contributed by atoms with Crippen LogP contribution >= 0.6 is 12.4 Å². The lowest BCUT2D eigenvalue weighted by atomic mass is 10.0. The maximum atomic E-state index is 12.0. The van der Waals surface area contributed by atoms with E-state index in [0.29, 0.717) is 12.5 Å². The molecular weight excluding hydrogens is 282 g/mol. The van der Waals surface area contributed by atoms with E-state index in [4.69, 9.17) is 5.73 Å². The van der Waals surface area contributed by atoms with Crippen LogP contribution in [0, 0.1) is 16.0 Å². The first kappa shape index (κ1) is 18.3. The molecular formula is C13H20ClN3O3. The van der Waals surface area contributed by atoms with Crippen LogP contribution in [0.15, 0.2) is 24.3 Å². The van der Waals surface area contributed by atoms with E-state index in [1.54, 1.807) is 6.07 Å². The van der Waals surface area contributed by atoms with Crippen molar-refractivity contribution in [3.8, 4) is 0 Å². The molecule has 1 unspecified atom stereocenters. The molecule has 112 valence electrons. The number of benzene rings is 1. The number of hydrogen-bond acceptors (Lipinski definition) is 4. The zero-order valence-electron chi connectivity index (χ0n) is 11.5. The van der Waals surface area contributed by atoms with E-state index < -0.39 is 4.92 Å². The third-order valence-electron chi connectivity index (χ3n) is 2.69. The molecule has 0 saturated heterocycles. The lowest BCUT2D eigenvalue weighted by Crippen LogP contribution is -2.41. The molecule has 1 aromatic rings. The van der Waals surface area contributed by atoms with Crippen LogP contribution in [0.25, 0.3) is 0 Å². The summed E-state index contributed by atoms with van der Waals surface area (Å²) in [6, 6.07) is 5.54. The second-order valence-corrected chi connectivity index (χ2v) is 4.84. The van der Waals surface area contributed by atoms with Crippen molar-refractivity contribution in [2.45, 2.75) is 26.3 Å². The molecule has 20 heavy (non-hydrogen) atoms. The number of carbonyl (C=O) groups excluding carboxylic acids is 1. The molecule has 0 radical (unpaired) electrons. The molecule has 0 bridgehead atoms. The van der Waals surface area contributed by atoms with E-state index in [1.165, 1.54) is 18.2 Å². The third-order valence-corrected chi connectivity index (χ3v) is 2.69. The predicted octanol–water partition coefficient (Wildman–Crippen LogP) is 2.12. The lowest BCUT2D eigenvalue weighted by Gasteiger charge is -2.18. The summed E-state index contributed by atoms with van der Waals surface area (Å²) in [5.74, 6) is 0.0822. The number of nitrogens with one attached hydrogen (secondary N) is 1. The van der Waals surface area contributed by atoms with Gasteiger partial charge >= 0.3 is 0 Å². The maximum absolute atomic E-state index is 12.0. The Balaban J connectivity index is 0.00000361. The highest BCUT2D eigenvalue weighted by atomic mass is 35.5. The molecule has 3 N–H and O–H groups in total. The SMILES string of the molecule is CC(C)CC(CN)NC(=O)c1cccc([N+](=O)[O-])c1.Cl. The third kappa shape index (κ3) is 5.54. The Morgan fingerprint density at radius 1 is 1.45 bits per heavy atom. The standard InChI is InChI=1S/C13H19N3O3.ClH/c1-9(2)6-11(8-14)15-13(17)10-4-3-5-12(7-10)16(18)19;/h3-5,7,9,11H,6,8,14H2,1-2H3,(H,15,17);1H. The number of nitrogens with zero attached hydrogens (tertiary/aromatic N) is 1. The van der Waals surface area contributed by atoms with Crippen LogP contribution in [-0.4, -0.2) is 23.4 Å². The van der Waals surface area contributed by atoms with Gasteiger partial charge in [-0.15, -0.1) is 12.4 Å². The first-order chi connectivity index (χ1) is 8.93. The van der Waals surface area contributed by atoms with Gasteiger partial charge in [-0.1, -0.05) is 19.9 Å². The Morgan fingerprint density at radius 3 is 2.60 bits per heavy atom. The van der Waals surface area contributed by atoms with Gasteiger partial charge in [0.15, 0.2) is 0 Å². The number of carbonyl (C=O) groups is 1. The van der Waals surface area contributed by atoms with E-state index in [2.05, 4.69) is 5.32 Å². The monoisotopic (exact) mass is 301 g/mol. The smallest absolute Gasteiger partial charge is 0.270 e. The Labute approximate surface area is 124 Å². The zero-order chi connectivity index (χ0) is 14.4. The summed E-state index contributed by atoms with van der Waals surface area (Å²) in [4.78, 5) is 22.1. The van der Waals surface area contributed by atoms with Gasteiger partial charge in [0, 0.05) is 30.3 Å². The molecule has 0 aromatic heterocycles. The van der Waals surface area contributed by atoms with Crippen molar-refractivity contribution in [2.24, 2.45) is 11.7 Å². The number of non-ortho nitro benzene ring substituents is 1. The van der Waals surface area contributed by atoms with Crippen LogP contribution in [0.5, 0.6) is 0 Å². The van der Waals surface area contributed by atoms with Gasteiger partial charge in [-0.3, -0.25) is 14.9 Å². The van der Waals surface area contributed by atoms with Gasteiger partial charge in [0.25, 0.3) is 11.6 Å². The van der Waals surface area contributed by atoms with Gasteiger partial charge in [0.2, 0.25) is 0 Å². The zero-order valence-corrected chi connectivity index (χ0v) is 12.4. The molecule has 0 spiro atoms. The maximum Gasteiger partial charge on any atom is 0.270 e. The van der Waals surface area contributed by atoms with Crippen molar-refractivity contribution in [2.75, 3.05) is 6.54 Å². The summed E-state index contributed by atoms with van der Waals surface area (Å²) in [7, 11) is 0. The first-order valence-corrected chi connectivity index (χ1v) is 6.19. The topological polar surface area (TPSA) is 98.3 Å². The molecule has 1 aromatic carbocycles. The van der Waals surface area contributed by atoms with E-state index in [-0.39, 0.29) is 35.6 Å². The van der Waals surface area contributed by atoms with E-state index >= 15 is 0 Å². The van der Waals surface area contributed by atoms with Crippen molar-refractivity contribution in [3.05, 3.63) is 39.9 Å². The molecule has 7 heteroatoms. The summed E-state index contributed by atoms with van der Waals surface area (Å²) in [5, 5.41) is 13.4. The molecule has 0 heterocycles. The molecule has 1 atom stereocenters. The number of amides is 1. The number of nitro groups is 1. The van der Waals surface area contributed by atoms with Crippen LogP contribution in [-0.2, 0) is 0 Å². The number of rotatable bonds is 6. The van der Waals surface area contributed by atoms with Gasteiger partial charge in [0.05, 0.1) is 4.92 Å². The van der Waals surface area contributed by atoms with Crippen LogP contribution in [0.2, 0.25) is 0 Å². The Bertz CT molecular complexity index is 466. The van der Waals surface area contributed by atoms with Crippen molar-refractivity contribution in [1.82, 2.24) is 5.32 Å². The Hall–Kier alpha value is -1.66. The van der Waals surface area contributed by atoms with Gasteiger partial charge in [0.1, 0.15) is 0 Å². The van der Waals surface area contributed by atoms with Crippen LogP contribution in [0.4, 0.5) is 5.69 Å². The van der Waals surface area contributed by atoms with Crippen molar-refractivity contribution >= 4 is 24.0 Å². The van der Waals surface area contributed by atoms with Gasteiger partial charge in [-0.25, -0.2) is 0 Å². The lowest BCUT2D eigenvalue weighted by molar-refractivity contribution is -0.384. The van der Waals surface area contributed by atoms with Crippen molar-refractivity contribution in [3.63, 3.8) is 0 Å². The normalized spacial score (nSPS) is 11.6. The molecule has 6 nitrogen and oxygen atoms in total. The van der Waals surface area contributed by atoms with Crippen LogP contribution in [0.3, 0.4) is 0 Å².